The van der Waals surface area contributed by atoms with Crippen LogP contribution in [-0.2, 0) is 7.05 Å². The second-order valence-corrected chi connectivity index (χ2v) is 9.10. The van der Waals surface area contributed by atoms with Crippen molar-refractivity contribution in [2.24, 2.45) is 7.05 Å². The van der Waals surface area contributed by atoms with Gasteiger partial charge in [-0.3, -0.25) is 4.57 Å². The van der Waals surface area contributed by atoms with Gasteiger partial charge in [0.25, 0.3) is 0 Å². The van der Waals surface area contributed by atoms with Crippen LogP contribution in [0.5, 0.6) is 0 Å². The molecule has 0 saturated carbocycles. The minimum atomic E-state index is -0.411. The van der Waals surface area contributed by atoms with E-state index in [0.29, 0.717) is 22.4 Å². The van der Waals surface area contributed by atoms with Crippen LogP contribution in [0.4, 0.5) is 4.39 Å². The van der Waals surface area contributed by atoms with Gasteiger partial charge < -0.3 is 9.67 Å². The van der Waals surface area contributed by atoms with Gasteiger partial charge in [0, 0.05) is 12.7 Å². The molecule has 5 rings (SSSR count). The molecule has 0 atom stereocenters. The molecule has 2 heterocycles. The number of thioether (sulfide) groups is 1. The van der Waals surface area contributed by atoms with E-state index in [2.05, 4.69) is 21.3 Å². The predicted molar refractivity (Wildman–Crippen MR) is 138 cm³/mol. The Hall–Kier alpha value is -4.42. The fraction of sp³-hybridized carbons (Fsp3) is 0.111. The Morgan fingerprint density at radius 3 is 2.47 bits per heavy atom. The van der Waals surface area contributed by atoms with E-state index >= 15 is 0 Å². The molecule has 0 unspecified atom stereocenters. The van der Waals surface area contributed by atoms with E-state index in [9.17, 15) is 14.8 Å². The van der Waals surface area contributed by atoms with Crippen LogP contribution in [0.2, 0.25) is 0 Å². The van der Waals surface area contributed by atoms with Gasteiger partial charge in [-0.15, -0.1) is 10.2 Å². The maximum Gasteiger partial charge on any atom is 0.196 e. The average molecular weight is 497 g/mol. The zero-order chi connectivity index (χ0) is 25.2. The van der Waals surface area contributed by atoms with Crippen molar-refractivity contribution in [1.29, 1.82) is 5.26 Å². The van der Waals surface area contributed by atoms with E-state index in [1.54, 1.807) is 34.4 Å². The highest BCUT2D eigenvalue weighted by Crippen LogP contribution is 2.31. The van der Waals surface area contributed by atoms with E-state index < -0.39 is 5.82 Å². The molecule has 0 saturated heterocycles. The maximum atomic E-state index is 14.6. The topological polar surface area (TPSA) is 92.6 Å². The van der Waals surface area contributed by atoms with Crippen molar-refractivity contribution in [3.8, 4) is 23.1 Å². The number of aryl methyl sites for hydroxylation is 2. The molecule has 0 bridgehead atoms. The van der Waals surface area contributed by atoms with E-state index in [0.717, 1.165) is 22.3 Å². The van der Waals surface area contributed by atoms with Crippen molar-refractivity contribution in [1.82, 2.24) is 24.3 Å². The SMILES string of the molecule is Cc1ccc(-n2c(SC/C(O)=C(\C#N)c3nc4ccccc4n3C)nnc2-c2ccccc2F)cc1. The van der Waals surface area contributed by atoms with Crippen molar-refractivity contribution < 1.29 is 9.50 Å². The highest BCUT2D eigenvalue weighted by molar-refractivity contribution is 7.99. The lowest BCUT2D eigenvalue weighted by Crippen LogP contribution is -2.03. The molecule has 5 aromatic rings. The van der Waals surface area contributed by atoms with E-state index in [4.69, 9.17) is 0 Å². The standard InChI is InChI=1S/C27H21FN6OS/c1-17-11-13-18(14-12-17)34-26(19-7-3-4-8-21(19)28)31-32-27(34)36-16-24(35)20(15-29)25-30-22-9-5-6-10-23(22)33(25)2/h3-14,35H,16H2,1-2H3/b24-20-. The molecule has 0 radical (unpaired) electrons. The van der Waals surface area contributed by atoms with Gasteiger partial charge in [-0.25, -0.2) is 9.37 Å². The highest BCUT2D eigenvalue weighted by Gasteiger charge is 2.21. The zero-order valence-electron chi connectivity index (χ0n) is 19.6. The summed E-state index contributed by atoms with van der Waals surface area (Å²) in [5, 5.41) is 29.7. The summed E-state index contributed by atoms with van der Waals surface area (Å²) in [5.74, 6) is 0.230. The van der Waals surface area contributed by atoms with Gasteiger partial charge in [-0.05, 0) is 43.3 Å². The monoisotopic (exact) mass is 496 g/mol. The van der Waals surface area contributed by atoms with Crippen molar-refractivity contribution in [2.75, 3.05) is 5.75 Å². The van der Waals surface area contributed by atoms with Crippen LogP contribution in [0.15, 0.2) is 83.7 Å². The molecule has 0 aliphatic carbocycles. The Kier molecular flexibility index (Phi) is 6.27. The first-order valence-electron chi connectivity index (χ1n) is 11.1. The molecule has 0 amide bonds. The largest absolute Gasteiger partial charge is 0.510 e. The minimum Gasteiger partial charge on any atom is -0.510 e. The first-order chi connectivity index (χ1) is 17.5. The predicted octanol–water partition coefficient (Wildman–Crippen LogP) is 5.85. The van der Waals surface area contributed by atoms with Crippen LogP contribution in [0.1, 0.15) is 11.4 Å². The molecule has 7 nitrogen and oxygen atoms in total. The number of halogens is 1. The van der Waals surface area contributed by atoms with Crippen LogP contribution >= 0.6 is 11.8 Å². The van der Waals surface area contributed by atoms with Gasteiger partial charge in [-0.1, -0.05) is 53.7 Å². The average Bonchev–Trinajstić information content (AvgIpc) is 3.45. The first kappa shape index (κ1) is 23.3. The number of para-hydroxylation sites is 2. The summed E-state index contributed by atoms with van der Waals surface area (Å²) in [5.41, 5.74) is 3.82. The van der Waals surface area contributed by atoms with Crippen molar-refractivity contribution in [3.05, 3.63) is 95.8 Å². The molecular formula is C27H21FN6OS. The van der Waals surface area contributed by atoms with Gasteiger partial charge in [0.15, 0.2) is 16.8 Å². The third kappa shape index (κ3) is 4.23. The van der Waals surface area contributed by atoms with Gasteiger partial charge in [0.2, 0.25) is 0 Å². The molecule has 0 aliphatic heterocycles. The van der Waals surface area contributed by atoms with Crippen molar-refractivity contribution in [2.45, 2.75) is 12.1 Å². The molecule has 36 heavy (non-hydrogen) atoms. The summed E-state index contributed by atoms with van der Waals surface area (Å²) in [4.78, 5) is 4.52. The number of allylic oxidation sites excluding steroid dienone is 1. The number of rotatable bonds is 6. The van der Waals surface area contributed by atoms with Gasteiger partial charge in [0.05, 0.1) is 22.3 Å². The van der Waals surface area contributed by atoms with Crippen molar-refractivity contribution in [3.63, 3.8) is 0 Å². The number of fused-ring (bicyclic) bond motifs is 1. The maximum absolute atomic E-state index is 14.6. The molecule has 0 aliphatic rings. The van der Waals surface area contributed by atoms with E-state index in [1.165, 1.54) is 17.8 Å². The minimum absolute atomic E-state index is 0.0490. The lowest BCUT2D eigenvalue weighted by molar-refractivity contribution is 0.420. The molecule has 1 N–H and O–H groups in total. The number of aromatic nitrogens is 5. The lowest BCUT2D eigenvalue weighted by Gasteiger charge is -2.11. The molecule has 3 aromatic carbocycles. The number of hydrogen-bond donors (Lipinski definition) is 1. The van der Waals surface area contributed by atoms with Gasteiger partial charge in [0.1, 0.15) is 23.2 Å². The molecular weight excluding hydrogens is 475 g/mol. The van der Waals surface area contributed by atoms with Crippen LogP contribution in [-0.4, -0.2) is 35.2 Å². The Morgan fingerprint density at radius 2 is 1.75 bits per heavy atom. The van der Waals surface area contributed by atoms with Crippen LogP contribution in [0, 0.1) is 24.1 Å². The smallest absolute Gasteiger partial charge is 0.196 e. The quantitative estimate of drug-likeness (QED) is 0.180. The summed E-state index contributed by atoms with van der Waals surface area (Å²) in [7, 11) is 1.80. The first-order valence-corrected chi connectivity index (χ1v) is 12.1. The second-order valence-electron chi connectivity index (χ2n) is 8.16. The summed E-state index contributed by atoms with van der Waals surface area (Å²) in [6.07, 6.45) is 0. The Morgan fingerprint density at radius 1 is 1.03 bits per heavy atom. The lowest BCUT2D eigenvalue weighted by atomic mass is 10.2. The number of nitrogens with zero attached hydrogens (tertiary/aromatic N) is 6. The Balaban J connectivity index is 1.53. The van der Waals surface area contributed by atoms with Crippen LogP contribution in [0.3, 0.4) is 0 Å². The summed E-state index contributed by atoms with van der Waals surface area (Å²) < 4.78 is 18.2. The fourth-order valence-electron chi connectivity index (χ4n) is 3.92. The molecule has 9 heteroatoms. The normalized spacial score (nSPS) is 11.9. The number of aliphatic hydroxyl groups is 1. The van der Waals surface area contributed by atoms with E-state index in [1.807, 2.05) is 55.5 Å². The summed E-state index contributed by atoms with van der Waals surface area (Å²) in [6, 6.07) is 23.7. The highest BCUT2D eigenvalue weighted by atomic mass is 32.2. The molecule has 0 fully saturated rings. The molecule has 2 aromatic heterocycles. The Bertz CT molecular complexity index is 1650. The fourth-order valence-corrected chi connectivity index (χ4v) is 4.75. The van der Waals surface area contributed by atoms with Gasteiger partial charge in [-0.2, -0.15) is 5.26 Å². The molecule has 0 spiro atoms. The second kappa shape index (κ2) is 9.68. The zero-order valence-corrected chi connectivity index (χ0v) is 20.4. The molecule has 178 valence electrons. The van der Waals surface area contributed by atoms with Crippen LogP contribution < -0.4 is 0 Å². The van der Waals surface area contributed by atoms with Crippen LogP contribution in [0.25, 0.3) is 33.7 Å². The van der Waals surface area contributed by atoms with Gasteiger partial charge >= 0.3 is 0 Å². The Labute approximate surface area is 211 Å². The van der Waals surface area contributed by atoms with Crippen molar-refractivity contribution >= 4 is 28.4 Å². The number of benzene rings is 3. The summed E-state index contributed by atoms with van der Waals surface area (Å²) >= 11 is 1.20. The number of imidazole rings is 1. The third-order valence-corrected chi connectivity index (χ3v) is 6.73. The third-order valence-electron chi connectivity index (χ3n) is 5.79. The summed E-state index contributed by atoms with van der Waals surface area (Å²) in [6.45, 7) is 1.98. The number of aliphatic hydroxyl groups excluding tert-OH is 1. The van der Waals surface area contributed by atoms with E-state index in [-0.39, 0.29) is 17.1 Å². The number of nitriles is 1. The number of hydrogen-bond acceptors (Lipinski definition) is 6.